The summed E-state index contributed by atoms with van der Waals surface area (Å²) in [6, 6.07) is 6.18. The van der Waals surface area contributed by atoms with Gasteiger partial charge in [0.15, 0.2) is 0 Å². The number of carbonyl (C=O) groups is 1. The molecule has 0 aliphatic rings. The Morgan fingerprint density at radius 1 is 1.28 bits per heavy atom. The van der Waals surface area contributed by atoms with Crippen LogP contribution in [0.25, 0.3) is 10.9 Å². The molecule has 0 fully saturated rings. The average molecular weight is 448 g/mol. The molecule has 0 radical (unpaired) electrons. The summed E-state index contributed by atoms with van der Waals surface area (Å²) in [5.74, 6) is -1.35. The van der Waals surface area contributed by atoms with Gasteiger partial charge >= 0.3 is 12.3 Å². The van der Waals surface area contributed by atoms with Gasteiger partial charge in [-0.15, -0.1) is 24.5 Å². The van der Waals surface area contributed by atoms with Crippen molar-refractivity contribution in [2.24, 2.45) is 0 Å². The third-order valence-corrected chi connectivity index (χ3v) is 7.00. The summed E-state index contributed by atoms with van der Waals surface area (Å²) in [6.07, 6.45) is -4.98. The van der Waals surface area contributed by atoms with Crippen LogP contribution in [0.3, 0.4) is 0 Å². The SMILES string of the molecule is CCOC(=O)c1cc2cc(OC(F)(F)F)cc(N(C)S(=O)(=O)c3cccs3)c2[nH]1. The van der Waals surface area contributed by atoms with E-state index in [4.69, 9.17) is 4.74 Å². The van der Waals surface area contributed by atoms with Crippen LogP contribution >= 0.6 is 11.3 Å². The summed E-state index contributed by atoms with van der Waals surface area (Å²) in [4.78, 5) is 14.7. The van der Waals surface area contributed by atoms with E-state index in [1.165, 1.54) is 25.2 Å². The summed E-state index contributed by atoms with van der Waals surface area (Å²) < 4.78 is 73.6. The lowest BCUT2D eigenvalue weighted by Gasteiger charge is -2.20. The minimum atomic E-state index is -4.98. The standard InChI is InChI=1S/C17H15F3N2O5S2/c1-3-26-16(23)12-8-10-7-11(27-17(18,19)20)9-13(15(10)21-12)22(2)29(24,25)14-5-4-6-28-14/h4-9,21H,3H2,1-2H3. The first-order valence-corrected chi connectivity index (χ1v) is 10.5. The van der Waals surface area contributed by atoms with Gasteiger partial charge in [-0.3, -0.25) is 4.31 Å². The fraction of sp³-hybridized carbons (Fsp3) is 0.235. The molecule has 3 rings (SSSR count). The molecule has 1 aromatic carbocycles. The molecule has 0 bridgehead atoms. The predicted molar refractivity (Wildman–Crippen MR) is 101 cm³/mol. The highest BCUT2D eigenvalue weighted by atomic mass is 32.2. The second-order valence-electron chi connectivity index (χ2n) is 5.76. The van der Waals surface area contributed by atoms with E-state index < -0.39 is 28.1 Å². The number of rotatable bonds is 6. The van der Waals surface area contributed by atoms with Gasteiger partial charge in [0.25, 0.3) is 10.0 Å². The largest absolute Gasteiger partial charge is 0.573 e. The number of nitrogens with zero attached hydrogens (tertiary/aromatic N) is 1. The van der Waals surface area contributed by atoms with Crippen LogP contribution in [0.5, 0.6) is 5.75 Å². The number of thiophene rings is 1. The van der Waals surface area contributed by atoms with Gasteiger partial charge in [-0.25, -0.2) is 13.2 Å². The van der Waals surface area contributed by atoms with Crippen molar-refractivity contribution in [3.05, 3.63) is 41.4 Å². The van der Waals surface area contributed by atoms with Crippen molar-refractivity contribution < 1.29 is 35.9 Å². The Balaban J connectivity index is 2.18. The van der Waals surface area contributed by atoms with Crippen LogP contribution < -0.4 is 9.04 Å². The van der Waals surface area contributed by atoms with Gasteiger partial charge in [-0.2, -0.15) is 0 Å². The molecule has 0 aliphatic heterocycles. The van der Waals surface area contributed by atoms with Gasteiger partial charge in [0, 0.05) is 18.5 Å². The topological polar surface area (TPSA) is 88.7 Å². The van der Waals surface area contributed by atoms with Gasteiger partial charge in [0.1, 0.15) is 15.7 Å². The first-order valence-electron chi connectivity index (χ1n) is 8.15. The fourth-order valence-electron chi connectivity index (χ4n) is 2.63. The van der Waals surface area contributed by atoms with Crippen LogP contribution in [0.2, 0.25) is 0 Å². The number of hydrogen-bond donors (Lipinski definition) is 1. The lowest BCUT2D eigenvalue weighted by molar-refractivity contribution is -0.274. The molecule has 0 amide bonds. The van der Waals surface area contributed by atoms with Gasteiger partial charge in [0.05, 0.1) is 17.8 Å². The second-order valence-corrected chi connectivity index (χ2v) is 8.91. The Labute approximate surface area is 167 Å². The summed E-state index contributed by atoms with van der Waals surface area (Å²) in [5, 5.41) is 1.71. The number of sulfonamides is 1. The van der Waals surface area contributed by atoms with Crippen molar-refractivity contribution in [2.75, 3.05) is 18.0 Å². The van der Waals surface area contributed by atoms with Crippen molar-refractivity contribution in [3.63, 3.8) is 0 Å². The molecule has 0 aliphatic carbocycles. The molecular formula is C17H15F3N2O5S2. The summed E-state index contributed by atoms with van der Waals surface area (Å²) in [6.45, 7) is 1.69. The van der Waals surface area contributed by atoms with Crippen molar-refractivity contribution in [3.8, 4) is 5.75 Å². The Kier molecular flexibility index (Phi) is 5.50. The summed E-state index contributed by atoms with van der Waals surface area (Å²) >= 11 is 0.964. The number of nitrogens with one attached hydrogen (secondary N) is 1. The molecule has 0 atom stereocenters. The van der Waals surface area contributed by atoms with Crippen molar-refractivity contribution >= 4 is 43.9 Å². The van der Waals surface area contributed by atoms with E-state index in [0.717, 1.165) is 27.8 Å². The molecule has 0 saturated heterocycles. The Morgan fingerprint density at radius 2 is 2.00 bits per heavy atom. The molecule has 156 valence electrons. The molecule has 0 spiro atoms. The number of alkyl halides is 3. The highest BCUT2D eigenvalue weighted by molar-refractivity contribution is 7.94. The number of aromatic amines is 1. The number of halogens is 3. The van der Waals surface area contributed by atoms with E-state index in [-0.39, 0.29) is 33.1 Å². The Hall–Kier alpha value is -2.73. The fourth-order valence-corrected chi connectivity index (χ4v) is 4.99. The first kappa shape index (κ1) is 21.0. The highest BCUT2D eigenvalue weighted by Gasteiger charge is 2.33. The third kappa shape index (κ3) is 4.32. The number of anilines is 1. The van der Waals surface area contributed by atoms with Crippen LogP contribution in [0.1, 0.15) is 17.4 Å². The van der Waals surface area contributed by atoms with E-state index >= 15 is 0 Å². The van der Waals surface area contributed by atoms with Crippen LogP contribution in [0, 0.1) is 0 Å². The number of esters is 1. The monoisotopic (exact) mass is 448 g/mol. The van der Waals surface area contributed by atoms with E-state index in [0.29, 0.717) is 0 Å². The number of hydrogen-bond acceptors (Lipinski definition) is 6. The zero-order valence-electron chi connectivity index (χ0n) is 15.1. The normalized spacial score (nSPS) is 12.2. The molecule has 7 nitrogen and oxygen atoms in total. The molecule has 2 aromatic heterocycles. The molecular weight excluding hydrogens is 433 g/mol. The van der Waals surface area contributed by atoms with Crippen LogP contribution in [-0.2, 0) is 14.8 Å². The van der Waals surface area contributed by atoms with Gasteiger partial charge < -0.3 is 14.5 Å². The minimum Gasteiger partial charge on any atom is -0.461 e. The van der Waals surface area contributed by atoms with E-state index in [1.807, 2.05) is 0 Å². The molecule has 0 saturated carbocycles. The minimum absolute atomic E-state index is 0.00691. The zero-order valence-corrected chi connectivity index (χ0v) is 16.7. The Bertz CT molecular complexity index is 1140. The number of benzene rings is 1. The predicted octanol–water partition coefficient (Wildman–Crippen LogP) is 4.13. The average Bonchev–Trinajstić information content (AvgIpc) is 3.29. The number of carbonyl (C=O) groups excluding carboxylic acids is 1. The molecule has 3 aromatic rings. The number of aromatic nitrogens is 1. The van der Waals surface area contributed by atoms with Gasteiger partial charge in [-0.1, -0.05) is 6.07 Å². The maximum Gasteiger partial charge on any atom is 0.573 e. The van der Waals surface area contributed by atoms with Crippen molar-refractivity contribution in [2.45, 2.75) is 17.5 Å². The Morgan fingerprint density at radius 3 is 2.59 bits per heavy atom. The highest BCUT2D eigenvalue weighted by Crippen LogP contribution is 2.37. The number of H-pyrrole nitrogens is 1. The first-order chi connectivity index (χ1) is 13.5. The summed E-state index contributed by atoms with van der Waals surface area (Å²) in [5.41, 5.74) is -0.00918. The number of fused-ring (bicyclic) bond motifs is 1. The van der Waals surface area contributed by atoms with Crippen molar-refractivity contribution in [1.29, 1.82) is 0 Å². The van der Waals surface area contributed by atoms with E-state index in [2.05, 4.69) is 9.72 Å². The lowest BCUT2D eigenvalue weighted by Crippen LogP contribution is -2.26. The van der Waals surface area contributed by atoms with Crippen molar-refractivity contribution in [1.82, 2.24) is 4.98 Å². The smallest absolute Gasteiger partial charge is 0.461 e. The maximum atomic E-state index is 12.8. The zero-order chi connectivity index (χ0) is 21.4. The van der Waals surface area contributed by atoms with Crippen LogP contribution in [0.15, 0.2) is 39.9 Å². The van der Waals surface area contributed by atoms with E-state index in [9.17, 15) is 26.4 Å². The van der Waals surface area contributed by atoms with Crippen LogP contribution in [-0.4, -0.2) is 39.4 Å². The molecule has 2 heterocycles. The van der Waals surface area contributed by atoms with Crippen LogP contribution in [0.4, 0.5) is 18.9 Å². The molecule has 1 N–H and O–H groups in total. The second kappa shape index (κ2) is 7.59. The maximum absolute atomic E-state index is 12.8. The quantitative estimate of drug-likeness (QED) is 0.573. The molecule has 12 heteroatoms. The number of ether oxygens (including phenoxy) is 2. The third-order valence-electron chi connectivity index (χ3n) is 3.86. The van der Waals surface area contributed by atoms with E-state index in [1.54, 1.807) is 12.3 Å². The molecule has 0 unspecified atom stereocenters. The molecule has 29 heavy (non-hydrogen) atoms. The van der Waals surface area contributed by atoms with Gasteiger partial charge in [0.2, 0.25) is 0 Å². The van der Waals surface area contributed by atoms with Gasteiger partial charge in [-0.05, 0) is 30.5 Å². The lowest BCUT2D eigenvalue weighted by atomic mass is 10.2. The summed E-state index contributed by atoms with van der Waals surface area (Å²) in [7, 11) is -2.84.